The molecule has 0 aromatic carbocycles. The van der Waals surface area contributed by atoms with Gasteiger partial charge in [-0.25, -0.2) is 4.79 Å². The molecular formula is CH4NO2PS. The molecule has 1 atom stereocenters. The van der Waals surface area contributed by atoms with E-state index in [2.05, 4.69) is 22.1 Å². The van der Waals surface area contributed by atoms with Gasteiger partial charge in [0, 0.05) is 0 Å². The Morgan fingerprint density at radius 2 is 2.50 bits per heavy atom. The van der Waals surface area contributed by atoms with Crippen LogP contribution in [0.4, 0.5) is 4.79 Å². The average molecular weight is 125 g/mol. The molecule has 0 aliphatic rings. The van der Waals surface area contributed by atoms with Gasteiger partial charge in [-0.1, -0.05) is 11.8 Å². The zero-order valence-corrected chi connectivity index (χ0v) is 4.85. The fourth-order valence-electron chi connectivity index (χ4n) is 0.0474. The van der Waals surface area contributed by atoms with Crippen molar-refractivity contribution in [1.82, 2.24) is 0 Å². The van der Waals surface area contributed by atoms with Crippen molar-refractivity contribution >= 4 is 25.5 Å². The molecule has 0 spiro atoms. The molecule has 0 radical (unpaired) electrons. The van der Waals surface area contributed by atoms with Crippen LogP contribution in [-0.2, 0) is 16.3 Å². The number of amides is 1. The number of hydrogen-bond donors (Lipinski definition) is 1. The lowest BCUT2D eigenvalue weighted by Crippen LogP contribution is -2.06. The smallest absolute Gasteiger partial charge is 0.407 e. The maximum atomic E-state index is 9.55. The van der Waals surface area contributed by atoms with E-state index < -0.39 is 13.7 Å². The van der Waals surface area contributed by atoms with Crippen LogP contribution >= 0.6 is 7.58 Å². The van der Waals surface area contributed by atoms with Crippen molar-refractivity contribution in [2.75, 3.05) is 0 Å². The maximum Gasteiger partial charge on any atom is 0.407 e. The van der Waals surface area contributed by atoms with E-state index in [1.807, 2.05) is 0 Å². The van der Waals surface area contributed by atoms with Gasteiger partial charge < -0.3 is 10.3 Å². The predicted molar refractivity (Wildman–Crippen MR) is 27.7 cm³/mol. The first kappa shape index (κ1) is 5.92. The fourth-order valence-corrected chi connectivity index (χ4v) is 0.427. The van der Waals surface area contributed by atoms with Gasteiger partial charge in [0.15, 0.2) is 0 Å². The molecule has 0 fully saturated rings. The first-order valence-electron chi connectivity index (χ1n) is 1.17. The van der Waals surface area contributed by atoms with Gasteiger partial charge >= 0.3 is 6.09 Å². The lowest BCUT2D eigenvalue weighted by molar-refractivity contribution is 0.218. The highest BCUT2D eigenvalue weighted by Crippen LogP contribution is 1.90. The van der Waals surface area contributed by atoms with Crippen molar-refractivity contribution in [2.45, 2.75) is 0 Å². The summed E-state index contributed by atoms with van der Waals surface area (Å²) < 4.78 is 4.08. The van der Waals surface area contributed by atoms with Gasteiger partial charge in [0.1, 0.15) is 0 Å². The first-order chi connectivity index (χ1) is 2.77. The second kappa shape index (κ2) is 3.12. The van der Waals surface area contributed by atoms with Crippen LogP contribution in [0.3, 0.4) is 0 Å². The maximum absolute atomic E-state index is 9.55. The van der Waals surface area contributed by atoms with Gasteiger partial charge in [-0.05, 0) is 0 Å². The molecule has 0 aromatic rings. The van der Waals surface area contributed by atoms with Crippen molar-refractivity contribution in [1.29, 1.82) is 0 Å². The zero-order valence-electron chi connectivity index (χ0n) is 2.88. The van der Waals surface area contributed by atoms with E-state index in [0.29, 0.717) is 0 Å². The summed E-state index contributed by atoms with van der Waals surface area (Å²) in [6, 6.07) is 0. The van der Waals surface area contributed by atoms with Crippen molar-refractivity contribution in [3.8, 4) is 0 Å². The summed E-state index contributed by atoms with van der Waals surface area (Å²) >= 11 is 4.29. The third-order valence-electron chi connectivity index (χ3n) is 0.164. The summed E-state index contributed by atoms with van der Waals surface area (Å²) in [7, 11) is -0.639. The number of rotatable bonds is 1. The normalized spacial score (nSPS) is 9.33. The molecule has 6 heavy (non-hydrogen) atoms. The van der Waals surface area contributed by atoms with Gasteiger partial charge in [-0.2, -0.15) is 0 Å². The lowest BCUT2D eigenvalue weighted by Gasteiger charge is -1.83. The SMILES string of the molecule is NC(=O)O[PH2]=S. The number of carbonyl (C=O) groups is 1. The molecule has 0 heterocycles. The summed E-state index contributed by atoms with van der Waals surface area (Å²) in [5.41, 5.74) is 4.50. The highest BCUT2D eigenvalue weighted by Gasteiger charge is 1.79. The summed E-state index contributed by atoms with van der Waals surface area (Å²) in [6.45, 7) is 0. The standard InChI is InChI=1S/CH4NO2PS/c2-1(3)4-5-6/h5H2,(H2,2,3). The van der Waals surface area contributed by atoms with Crippen LogP contribution in [0.1, 0.15) is 0 Å². The Kier molecular flexibility index (Phi) is 3.08. The number of hydrogen-bond acceptors (Lipinski definition) is 3. The molecule has 2 N–H and O–H groups in total. The minimum absolute atomic E-state index is 0.639. The van der Waals surface area contributed by atoms with E-state index in [4.69, 9.17) is 0 Å². The van der Waals surface area contributed by atoms with Crippen LogP contribution in [0.15, 0.2) is 0 Å². The van der Waals surface area contributed by atoms with Gasteiger partial charge in [-0.3, -0.25) is 0 Å². The minimum Gasteiger partial charge on any atom is -0.427 e. The monoisotopic (exact) mass is 125 g/mol. The average Bonchev–Trinajstić information content (AvgIpc) is 1.35. The van der Waals surface area contributed by atoms with E-state index in [1.165, 1.54) is 0 Å². The molecule has 36 valence electrons. The Hall–Kier alpha value is -0.0800. The molecule has 0 aliphatic carbocycles. The summed E-state index contributed by atoms with van der Waals surface area (Å²) in [4.78, 5) is 9.55. The van der Waals surface area contributed by atoms with Crippen LogP contribution in [0, 0.1) is 0 Å². The van der Waals surface area contributed by atoms with Crippen LogP contribution in [0.5, 0.6) is 0 Å². The second-order valence-corrected chi connectivity index (χ2v) is 1.54. The van der Waals surface area contributed by atoms with E-state index in [0.717, 1.165) is 0 Å². The molecule has 0 aromatic heterocycles. The van der Waals surface area contributed by atoms with Gasteiger partial charge in [-0.15, -0.1) is 0 Å². The Balaban J connectivity index is 3.05. The summed E-state index contributed by atoms with van der Waals surface area (Å²) in [5, 5.41) is 0. The van der Waals surface area contributed by atoms with Gasteiger partial charge in [0.05, 0.1) is 7.58 Å². The summed E-state index contributed by atoms with van der Waals surface area (Å²) in [5.74, 6) is 0. The fraction of sp³-hybridized carbons (Fsp3) is 0. The highest BCUT2D eigenvalue weighted by molar-refractivity contribution is 7.94. The van der Waals surface area contributed by atoms with Crippen LogP contribution in [0.25, 0.3) is 0 Å². The van der Waals surface area contributed by atoms with Crippen LogP contribution in [0.2, 0.25) is 0 Å². The Labute approximate surface area is 41.4 Å². The van der Waals surface area contributed by atoms with E-state index in [9.17, 15) is 4.79 Å². The number of carbonyl (C=O) groups excluding carboxylic acids is 1. The molecule has 1 unspecified atom stereocenters. The lowest BCUT2D eigenvalue weighted by atomic mass is 11.3. The quantitative estimate of drug-likeness (QED) is 0.496. The van der Waals surface area contributed by atoms with E-state index in [-0.39, 0.29) is 0 Å². The largest absolute Gasteiger partial charge is 0.427 e. The number of primary amides is 1. The molecule has 5 heteroatoms. The number of nitrogens with two attached hydrogens (primary N) is 1. The molecule has 0 saturated carbocycles. The summed E-state index contributed by atoms with van der Waals surface area (Å²) in [6.07, 6.45) is -0.778. The minimum atomic E-state index is -0.778. The topological polar surface area (TPSA) is 52.3 Å². The Morgan fingerprint density at radius 1 is 2.00 bits per heavy atom. The molecule has 1 amide bonds. The zero-order chi connectivity index (χ0) is 4.99. The van der Waals surface area contributed by atoms with Crippen molar-refractivity contribution in [2.24, 2.45) is 5.73 Å². The van der Waals surface area contributed by atoms with E-state index >= 15 is 0 Å². The molecule has 0 saturated heterocycles. The second-order valence-electron chi connectivity index (χ2n) is 0.533. The molecule has 0 bridgehead atoms. The first-order valence-corrected chi connectivity index (χ1v) is 3.53. The van der Waals surface area contributed by atoms with Crippen molar-refractivity contribution in [3.63, 3.8) is 0 Å². The predicted octanol–water partition coefficient (Wildman–Crippen LogP) is -0.131. The Bertz CT molecular complexity index is 73.9. The molecule has 0 aliphatic heterocycles. The van der Waals surface area contributed by atoms with Gasteiger partial charge in [0.2, 0.25) is 0 Å². The van der Waals surface area contributed by atoms with Crippen molar-refractivity contribution in [3.05, 3.63) is 0 Å². The molecule has 0 rings (SSSR count). The van der Waals surface area contributed by atoms with Gasteiger partial charge in [0.25, 0.3) is 0 Å². The van der Waals surface area contributed by atoms with Crippen LogP contribution in [-0.4, -0.2) is 6.09 Å². The van der Waals surface area contributed by atoms with Crippen LogP contribution < -0.4 is 5.73 Å². The van der Waals surface area contributed by atoms with Crippen molar-refractivity contribution < 1.29 is 9.32 Å². The third kappa shape index (κ3) is 3.92. The Morgan fingerprint density at radius 3 is 2.50 bits per heavy atom. The van der Waals surface area contributed by atoms with E-state index in [1.54, 1.807) is 0 Å². The molecule has 3 nitrogen and oxygen atoms in total. The molecular weight excluding hydrogens is 121 g/mol. The highest BCUT2D eigenvalue weighted by atomic mass is 32.4. The third-order valence-corrected chi connectivity index (χ3v) is 0.781.